The molecule has 0 aliphatic rings. The number of para-hydroxylation sites is 3. The number of carbonyl (C=O) groups is 1. The number of aryl methyl sites for hydroxylation is 1. The van der Waals surface area contributed by atoms with Crippen molar-refractivity contribution in [3.05, 3.63) is 101 Å². The third-order valence-electron chi connectivity index (χ3n) is 5.93. The average Bonchev–Trinajstić information content (AvgIpc) is 3.37. The largest absolute Gasteiger partial charge is 0.361 e. The topological polar surface area (TPSA) is 53.9 Å². The maximum absolute atomic E-state index is 13.5. The molecule has 0 atom stereocenters. The maximum Gasteiger partial charge on any atom is 0.255 e. The highest BCUT2D eigenvalue weighted by Gasteiger charge is 2.21. The smallest absolute Gasteiger partial charge is 0.255 e. The molecule has 5 rings (SSSR count). The van der Waals surface area contributed by atoms with Gasteiger partial charge in [-0.3, -0.25) is 4.79 Å². The number of fused-ring (bicyclic) bond motifs is 2. The monoisotopic (exact) mass is 442 g/mol. The summed E-state index contributed by atoms with van der Waals surface area (Å²) >= 11 is 6.37. The van der Waals surface area contributed by atoms with Crippen molar-refractivity contribution in [2.24, 2.45) is 7.05 Å². The molecule has 2 heterocycles. The standard InChI is InChI=1S/C26H23ClN4O/c1-30-24-13-7-6-12-23(24)29-25(30)17-31(26(32)20-9-2-4-10-21(20)27)15-14-18-16-28-22-11-5-3-8-19(18)22/h2-13,16,28H,14-15,17H2,1H3. The summed E-state index contributed by atoms with van der Waals surface area (Å²) in [5, 5.41) is 1.64. The van der Waals surface area contributed by atoms with Crippen molar-refractivity contribution in [3.63, 3.8) is 0 Å². The van der Waals surface area contributed by atoms with Crippen LogP contribution in [0.4, 0.5) is 0 Å². The molecule has 160 valence electrons. The van der Waals surface area contributed by atoms with Gasteiger partial charge >= 0.3 is 0 Å². The van der Waals surface area contributed by atoms with Crippen LogP contribution in [0, 0.1) is 0 Å². The number of halogens is 1. The van der Waals surface area contributed by atoms with Crippen LogP contribution < -0.4 is 0 Å². The molecule has 1 N–H and O–H groups in total. The van der Waals surface area contributed by atoms with Gasteiger partial charge in [0, 0.05) is 30.7 Å². The van der Waals surface area contributed by atoms with E-state index in [1.807, 2.05) is 71.2 Å². The summed E-state index contributed by atoms with van der Waals surface area (Å²) < 4.78 is 2.05. The van der Waals surface area contributed by atoms with E-state index in [1.54, 1.807) is 12.1 Å². The lowest BCUT2D eigenvalue weighted by atomic mass is 10.1. The lowest BCUT2D eigenvalue weighted by Crippen LogP contribution is -2.33. The van der Waals surface area contributed by atoms with Crippen LogP contribution in [-0.2, 0) is 20.0 Å². The Labute approximate surface area is 191 Å². The van der Waals surface area contributed by atoms with E-state index in [4.69, 9.17) is 16.6 Å². The number of nitrogens with zero attached hydrogens (tertiary/aromatic N) is 3. The molecule has 2 aromatic heterocycles. The van der Waals surface area contributed by atoms with Gasteiger partial charge in [0.2, 0.25) is 0 Å². The zero-order valence-corrected chi connectivity index (χ0v) is 18.5. The van der Waals surface area contributed by atoms with Crippen LogP contribution in [0.15, 0.2) is 79.0 Å². The molecule has 0 fully saturated rings. The van der Waals surface area contributed by atoms with E-state index in [1.165, 1.54) is 10.9 Å². The fraction of sp³-hybridized carbons (Fsp3) is 0.154. The Morgan fingerprint density at radius 2 is 1.78 bits per heavy atom. The molecule has 0 saturated carbocycles. The average molecular weight is 443 g/mol. The third kappa shape index (κ3) is 3.76. The fourth-order valence-electron chi connectivity index (χ4n) is 4.16. The summed E-state index contributed by atoms with van der Waals surface area (Å²) in [6.07, 6.45) is 2.75. The molecule has 0 aliphatic heterocycles. The van der Waals surface area contributed by atoms with Crippen LogP contribution in [0.2, 0.25) is 5.02 Å². The van der Waals surface area contributed by atoms with Gasteiger partial charge in [-0.2, -0.15) is 0 Å². The van der Waals surface area contributed by atoms with Crippen molar-refractivity contribution in [3.8, 4) is 0 Å². The van der Waals surface area contributed by atoms with Crippen molar-refractivity contribution in [2.45, 2.75) is 13.0 Å². The van der Waals surface area contributed by atoms with E-state index in [0.717, 1.165) is 28.8 Å². The highest BCUT2D eigenvalue weighted by atomic mass is 35.5. The molecule has 3 aromatic carbocycles. The molecule has 0 bridgehead atoms. The first kappa shape index (κ1) is 20.3. The Morgan fingerprint density at radius 3 is 2.62 bits per heavy atom. The quantitative estimate of drug-likeness (QED) is 0.372. The zero-order valence-electron chi connectivity index (χ0n) is 17.8. The minimum atomic E-state index is -0.0949. The maximum atomic E-state index is 13.5. The Kier molecular flexibility index (Phi) is 5.41. The Balaban J connectivity index is 1.47. The number of aromatic nitrogens is 3. The first-order valence-corrected chi connectivity index (χ1v) is 11.0. The molecule has 0 unspecified atom stereocenters. The van der Waals surface area contributed by atoms with Crippen LogP contribution in [0.3, 0.4) is 0 Å². The number of H-pyrrole nitrogens is 1. The molecule has 5 nitrogen and oxygen atoms in total. The predicted octanol–water partition coefficient (Wildman–Crippen LogP) is 5.59. The van der Waals surface area contributed by atoms with Crippen molar-refractivity contribution in [1.82, 2.24) is 19.4 Å². The number of aromatic amines is 1. The molecule has 0 radical (unpaired) electrons. The number of rotatable bonds is 6. The summed E-state index contributed by atoms with van der Waals surface area (Å²) in [6, 6.07) is 23.4. The molecule has 6 heteroatoms. The minimum Gasteiger partial charge on any atom is -0.361 e. The van der Waals surface area contributed by atoms with Gasteiger partial charge in [-0.1, -0.05) is 54.1 Å². The molecule has 1 amide bonds. The van der Waals surface area contributed by atoms with Crippen LogP contribution in [0.25, 0.3) is 21.9 Å². The molecule has 32 heavy (non-hydrogen) atoms. The van der Waals surface area contributed by atoms with Crippen molar-refractivity contribution >= 4 is 39.4 Å². The molecule has 0 saturated heterocycles. The molecule has 5 aromatic rings. The second kappa shape index (κ2) is 8.52. The van der Waals surface area contributed by atoms with E-state index in [0.29, 0.717) is 23.7 Å². The molecule has 0 aliphatic carbocycles. The number of carbonyl (C=O) groups excluding carboxylic acids is 1. The summed E-state index contributed by atoms with van der Waals surface area (Å²) in [6.45, 7) is 0.951. The van der Waals surface area contributed by atoms with Crippen LogP contribution >= 0.6 is 11.6 Å². The van der Waals surface area contributed by atoms with Gasteiger partial charge < -0.3 is 14.5 Å². The minimum absolute atomic E-state index is 0.0949. The number of imidazole rings is 1. The van der Waals surface area contributed by atoms with Crippen LogP contribution in [-0.4, -0.2) is 31.9 Å². The lowest BCUT2D eigenvalue weighted by molar-refractivity contribution is 0.0740. The predicted molar refractivity (Wildman–Crippen MR) is 129 cm³/mol. The van der Waals surface area contributed by atoms with E-state index < -0.39 is 0 Å². The zero-order chi connectivity index (χ0) is 22.1. The number of nitrogens with one attached hydrogen (secondary N) is 1. The van der Waals surface area contributed by atoms with Gasteiger partial charge in [0.25, 0.3) is 5.91 Å². The summed E-state index contributed by atoms with van der Waals surface area (Å²) in [4.78, 5) is 23.4. The van der Waals surface area contributed by atoms with Crippen LogP contribution in [0.1, 0.15) is 21.7 Å². The molecular weight excluding hydrogens is 420 g/mol. The third-order valence-corrected chi connectivity index (χ3v) is 6.26. The first-order chi connectivity index (χ1) is 15.6. The van der Waals surface area contributed by atoms with Crippen molar-refractivity contribution in [2.75, 3.05) is 6.54 Å². The molecule has 0 spiro atoms. The molecular formula is C26H23ClN4O. The van der Waals surface area contributed by atoms with Crippen molar-refractivity contribution < 1.29 is 4.79 Å². The number of benzene rings is 3. The fourth-order valence-corrected chi connectivity index (χ4v) is 4.38. The summed E-state index contributed by atoms with van der Waals surface area (Å²) in [7, 11) is 1.99. The Morgan fingerprint density at radius 1 is 1.03 bits per heavy atom. The van der Waals surface area contributed by atoms with Gasteiger partial charge in [0.1, 0.15) is 5.82 Å². The highest BCUT2D eigenvalue weighted by Crippen LogP contribution is 2.22. The first-order valence-electron chi connectivity index (χ1n) is 10.6. The van der Waals surface area contributed by atoms with Crippen molar-refractivity contribution in [1.29, 1.82) is 0 Å². The number of amides is 1. The van der Waals surface area contributed by atoms with Gasteiger partial charge in [-0.15, -0.1) is 0 Å². The Bertz CT molecular complexity index is 1420. The summed E-state index contributed by atoms with van der Waals surface area (Å²) in [5.74, 6) is 0.744. The van der Waals surface area contributed by atoms with Crippen LogP contribution in [0.5, 0.6) is 0 Å². The van der Waals surface area contributed by atoms with Gasteiger partial charge in [-0.05, 0) is 42.3 Å². The Hall–Kier alpha value is -3.57. The number of hydrogen-bond donors (Lipinski definition) is 1. The normalized spacial score (nSPS) is 11.3. The van der Waals surface area contributed by atoms with Gasteiger partial charge in [0.15, 0.2) is 0 Å². The van der Waals surface area contributed by atoms with Gasteiger partial charge in [-0.25, -0.2) is 4.98 Å². The van der Waals surface area contributed by atoms with E-state index in [-0.39, 0.29) is 5.91 Å². The van der Waals surface area contributed by atoms with E-state index in [2.05, 4.69) is 17.1 Å². The summed E-state index contributed by atoms with van der Waals surface area (Å²) in [5.41, 5.74) is 4.76. The second-order valence-electron chi connectivity index (χ2n) is 7.89. The lowest BCUT2D eigenvalue weighted by Gasteiger charge is -2.23. The number of hydrogen-bond acceptors (Lipinski definition) is 2. The van der Waals surface area contributed by atoms with E-state index in [9.17, 15) is 4.79 Å². The highest BCUT2D eigenvalue weighted by molar-refractivity contribution is 6.33. The second-order valence-corrected chi connectivity index (χ2v) is 8.30. The SMILES string of the molecule is Cn1c(CN(CCc2c[nH]c3ccccc23)C(=O)c2ccccc2Cl)nc2ccccc21. The van der Waals surface area contributed by atoms with E-state index >= 15 is 0 Å². The van der Waals surface area contributed by atoms with Gasteiger partial charge in [0.05, 0.1) is 28.2 Å².